The zero-order valence-corrected chi connectivity index (χ0v) is 12.2. The second-order valence-electron chi connectivity index (χ2n) is 4.13. The van der Waals surface area contributed by atoms with Gasteiger partial charge in [-0.3, -0.25) is 0 Å². The van der Waals surface area contributed by atoms with Gasteiger partial charge in [0.2, 0.25) is 0 Å². The second kappa shape index (κ2) is 6.75. The van der Waals surface area contributed by atoms with E-state index in [4.69, 9.17) is 9.15 Å². The monoisotopic (exact) mass is 325 g/mol. The summed E-state index contributed by atoms with van der Waals surface area (Å²) >= 11 is 3.44. The van der Waals surface area contributed by atoms with E-state index in [2.05, 4.69) is 21.2 Å². The predicted octanol–water partition coefficient (Wildman–Crippen LogP) is 2.87. The van der Waals surface area contributed by atoms with E-state index in [1.165, 1.54) is 0 Å². The van der Waals surface area contributed by atoms with Crippen LogP contribution in [0.5, 0.6) is 5.75 Å². The highest BCUT2D eigenvalue weighted by atomic mass is 79.9. The zero-order valence-electron chi connectivity index (χ0n) is 10.6. The second-order valence-corrected chi connectivity index (χ2v) is 4.99. The number of halogens is 1. The standard InChI is InChI=1S/C14H16BrNO3/c1-18-13-5-4-10(7-11(13)15)8-16-9-12(17)14-3-2-6-19-14/h2-7,12,16-17H,8-9H2,1H3. The van der Waals surface area contributed by atoms with E-state index in [0.29, 0.717) is 18.8 Å². The number of furan rings is 1. The molecule has 0 bridgehead atoms. The molecule has 2 N–H and O–H groups in total. The first kappa shape index (κ1) is 14.1. The third kappa shape index (κ3) is 3.83. The molecule has 4 nitrogen and oxygen atoms in total. The van der Waals surface area contributed by atoms with E-state index in [0.717, 1.165) is 15.8 Å². The van der Waals surface area contributed by atoms with Crippen LogP contribution in [-0.2, 0) is 6.54 Å². The summed E-state index contributed by atoms with van der Waals surface area (Å²) in [5, 5.41) is 13.0. The van der Waals surface area contributed by atoms with Crippen molar-refractivity contribution >= 4 is 15.9 Å². The van der Waals surface area contributed by atoms with Gasteiger partial charge in [-0.15, -0.1) is 0 Å². The molecule has 0 fully saturated rings. The van der Waals surface area contributed by atoms with Crippen molar-refractivity contribution in [3.05, 3.63) is 52.4 Å². The maximum Gasteiger partial charge on any atom is 0.133 e. The molecule has 0 saturated heterocycles. The SMILES string of the molecule is COc1ccc(CNCC(O)c2ccco2)cc1Br. The van der Waals surface area contributed by atoms with Gasteiger partial charge in [-0.1, -0.05) is 6.07 Å². The molecule has 1 unspecified atom stereocenters. The first-order chi connectivity index (χ1) is 9.20. The molecule has 1 atom stereocenters. The van der Waals surface area contributed by atoms with Gasteiger partial charge < -0.3 is 19.6 Å². The molecule has 19 heavy (non-hydrogen) atoms. The zero-order chi connectivity index (χ0) is 13.7. The van der Waals surface area contributed by atoms with Gasteiger partial charge in [-0.25, -0.2) is 0 Å². The Balaban J connectivity index is 1.84. The molecular formula is C14H16BrNO3. The number of hydrogen-bond acceptors (Lipinski definition) is 4. The molecule has 0 amide bonds. The summed E-state index contributed by atoms with van der Waals surface area (Å²) in [7, 11) is 1.64. The Hall–Kier alpha value is -1.30. The van der Waals surface area contributed by atoms with Gasteiger partial charge in [0.15, 0.2) is 0 Å². The molecule has 0 aliphatic heterocycles. The summed E-state index contributed by atoms with van der Waals surface area (Å²) in [6.07, 6.45) is 0.927. The Morgan fingerprint density at radius 1 is 1.42 bits per heavy atom. The molecule has 0 aliphatic carbocycles. The number of hydrogen-bond donors (Lipinski definition) is 2. The fraction of sp³-hybridized carbons (Fsp3) is 0.286. The van der Waals surface area contributed by atoms with Crippen molar-refractivity contribution in [3.8, 4) is 5.75 Å². The lowest BCUT2D eigenvalue weighted by molar-refractivity contribution is 0.147. The van der Waals surface area contributed by atoms with Gasteiger partial charge in [0, 0.05) is 13.1 Å². The number of aliphatic hydroxyl groups excluding tert-OH is 1. The quantitative estimate of drug-likeness (QED) is 0.857. The smallest absolute Gasteiger partial charge is 0.133 e. The minimum atomic E-state index is -0.628. The molecule has 0 spiro atoms. The van der Waals surface area contributed by atoms with Crippen molar-refractivity contribution in [2.45, 2.75) is 12.6 Å². The van der Waals surface area contributed by atoms with Crippen molar-refractivity contribution in [2.75, 3.05) is 13.7 Å². The van der Waals surface area contributed by atoms with Crippen molar-refractivity contribution < 1.29 is 14.3 Å². The summed E-state index contributed by atoms with van der Waals surface area (Å²) < 4.78 is 11.2. The highest BCUT2D eigenvalue weighted by Crippen LogP contribution is 2.25. The van der Waals surface area contributed by atoms with E-state index in [1.807, 2.05) is 18.2 Å². The number of aliphatic hydroxyl groups is 1. The molecule has 2 rings (SSSR count). The van der Waals surface area contributed by atoms with E-state index < -0.39 is 6.10 Å². The minimum absolute atomic E-state index is 0.442. The van der Waals surface area contributed by atoms with Crippen LogP contribution in [0.15, 0.2) is 45.5 Å². The van der Waals surface area contributed by atoms with Crippen LogP contribution in [0.4, 0.5) is 0 Å². The fourth-order valence-corrected chi connectivity index (χ4v) is 2.34. The molecule has 0 saturated carbocycles. The normalized spacial score (nSPS) is 12.4. The summed E-state index contributed by atoms with van der Waals surface area (Å²) in [5.74, 6) is 1.38. The van der Waals surface area contributed by atoms with E-state index in [1.54, 1.807) is 25.5 Å². The highest BCUT2D eigenvalue weighted by Gasteiger charge is 2.09. The summed E-state index contributed by atoms with van der Waals surface area (Å²) in [6, 6.07) is 9.40. The molecule has 0 radical (unpaired) electrons. The Labute approximate surface area is 120 Å². The highest BCUT2D eigenvalue weighted by molar-refractivity contribution is 9.10. The first-order valence-electron chi connectivity index (χ1n) is 5.95. The van der Waals surface area contributed by atoms with Gasteiger partial charge in [0.05, 0.1) is 17.8 Å². The average molecular weight is 326 g/mol. The summed E-state index contributed by atoms with van der Waals surface area (Å²) in [6.45, 7) is 1.11. The lowest BCUT2D eigenvalue weighted by atomic mass is 10.2. The number of methoxy groups -OCH3 is 1. The van der Waals surface area contributed by atoms with Crippen LogP contribution >= 0.6 is 15.9 Å². The lowest BCUT2D eigenvalue weighted by Crippen LogP contribution is -2.20. The molecule has 1 heterocycles. The molecule has 5 heteroatoms. The first-order valence-corrected chi connectivity index (χ1v) is 6.74. The molecule has 102 valence electrons. The van der Waals surface area contributed by atoms with Gasteiger partial charge in [0.25, 0.3) is 0 Å². The Bertz CT molecular complexity index is 513. The van der Waals surface area contributed by atoms with Crippen LogP contribution in [0.2, 0.25) is 0 Å². The van der Waals surface area contributed by atoms with Gasteiger partial charge >= 0.3 is 0 Å². The molecule has 1 aromatic carbocycles. The number of ether oxygens (including phenoxy) is 1. The lowest BCUT2D eigenvalue weighted by Gasteiger charge is -2.10. The van der Waals surface area contributed by atoms with Crippen molar-refractivity contribution in [1.82, 2.24) is 5.32 Å². The summed E-state index contributed by atoms with van der Waals surface area (Å²) in [4.78, 5) is 0. The molecule has 0 aliphatic rings. The van der Waals surface area contributed by atoms with Gasteiger partial charge in [0.1, 0.15) is 17.6 Å². The fourth-order valence-electron chi connectivity index (χ4n) is 1.75. The molecule has 1 aromatic heterocycles. The summed E-state index contributed by atoms with van der Waals surface area (Å²) in [5.41, 5.74) is 1.11. The maximum atomic E-state index is 9.84. The van der Waals surface area contributed by atoms with Crippen LogP contribution in [0.25, 0.3) is 0 Å². The largest absolute Gasteiger partial charge is 0.496 e. The third-order valence-corrected chi connectivity index (χ3v) is 3.37. The van der Waals surface area contributed by atoms with E-state index >= 15 is 0 Å². The molecule has 2 aromatic rings. The topological polar surface area (TPSA) is 54.6 Å². The van der Waals surface area contributed by atoms with Crippen molar-refractivity contribution in [1.29, 1.82) is 0 Å². The van der Waals surface area contributed by atoms with Crippen LogP contribution < -0.4 is 10.1 Å². The molecular weight excluding hydrogens is 310 g/mol. The Morgan fingerprint density at radius 2 is 2.26 bits per heavy atom. The Morgan fingerprint density at radius 3 is 2.89 bits per heavy atom. The number of rotatable bonds is 6. The average Bonchev–Trinajstić information content (AvgIpc) is 2.93. The van der Waals surface area contributed by atoms with Gasteiger partial charge in [-0.05, 0) is 45.8 Å². The third-order valence-electron chi connectivity index (χ3n) is 2.75. The number of nitrogens with one attached hydrogen (secondary N) is 1. The van der Waals surface area contributed by atoms with Crippen LogP contribution in [-0.4, -0.2) is 18.8 Å². The minimum Gasteiger partial charge on any atom is -0.496 e. The maximum absolute atomic E-state index is 9.84. The number of benzene rings is 1. The van der Waals surface area contributed by atoms with E-state index in [-0.39, 0.29) is 0 Å². The van der Waals surface area contributed by atoms with Crippen LogP contribution in [0, 0.1) is 0 Å². The van der Waals surface area contributed by atoms with Crippen LogP contribution in [0.1, 0.15) is 17.4 Å². The van der Waals surface area contributed by atoms with Crippen LogP contribution in [0.3, 0.4) is 0 Å². The Kier molecular flexibility index (Phi) is 5.01. The predicted molar refractivity (Wildman–Crippen MR) is 76.1 cm³/mol. The van der Waals surface area contributed by atoms with Crippen molar-refractivity contribution in [2.24, 2.45) is 0 Å². The van der Waals surface area contributed by atoms with E-state index in [9.17, 15) is 5.11 Å². The van der Waals surface area contributed by atoms with Crippen molar-refractivity contribution in [3.63, 3.8) is 0 Å². The van der Waals surface area contributed by atoms with Gasteiger partial charge in [-0.2, -0.15) is 0 Å².